The molecule has 162 valence electrons. The summed E-state index contributed by atoms with van der Waals surface area (Å²) in [6.07, 6.45) is 0.738. The molecule has 0 spiro atoms. The molecule has 1 aromatic rings. The second kappa shape index (κ2) is 10.1. The Hall–Kier alpha value is -2.01. The molecule has 0 amide bonds. The molecule has 2 rings (SSSR count). The summed E-state index contributed by atoms with van der Waals surface area (Å²) in [6, 6.07) is 3.62. The molecule has 29 heavy (non-hydrogen) atoms. The van der Waals surface area contributed by atoms with Crippen LogP contribution in [0.25, 0.3) is 0 Å². The number of hydrogen-bond donors (Lipinski definition) is 2. The van der Waals surface area contributed by atoms with Crippen molar-refractivity contribution >= 4 is 15.7 Å². The van der Waals surface area contributed by atoms with E-state index >= 15 is 0 Å². The zero-order valence-electron chi connectivity index (χ0n) is 17.0. The number of quaternary nitrogens is 1. The number of nitrogens with zero attached hydrogens (tertiary/aromatic N) is 2. The molecule has 1 aromatic carbocycles. The van der Waals surface area contributed by atoms with E-state index in [4.69, 9.17) is 4.74 Å². The Morgan fingerprint density at radius 2 is 2.07 bits per heavy atom. The predicted molar refractivity (Wildman–Crippen MR) is 109 cm³/mol. The minimum Gasteiger partial charge on any atom is -0.484 e. The van der Waals surface area contributed by atoms with Gasteiger partial charge in [-0.1, -0.05) is 6.58 Å². The average Bonchev–Trinajstić information content (AvgIpc) is 3.20. The van der Waals surface area contributed by atoms with Gasteiger partial charge in [-0.2, -0.15) is 4.31 Å². The van der Waals surface area contributed by atoms with Crippen LogP contribution in [0.4, 0.5) is 5.69 Å². The fourth-order valence-corrected chi connectivity index (χ4v) is 4.88. The van der Waals surface area contributed by atoms with Gasteiger partial charge >= 0.3 is 5.69 Å². The third-order valence-electron chi connectivity index (χ3n) is 4.84. The predicted octanol–water partition coefficient (Wildman–Crippen LogP) is 0.600. The molecule has 1 saturated heterocycles. The van der Waals surface area contributed by atoms with Crippen molar-refractivity contribution in [3.8, 4) is 5.75 Å². The lowest BCUT2D eigenvalue weighted by molar-refractivity contribution is -0.896. The maximum Gasteiger partial charge on any atom is 0.312 e. The van der Waals surface area contributed by atoms with E-state index in [1.807, 2.05) is 13.8 Å². The van der Waals surface area contributed by atoms with Crippen molar-refractivity contribution in [2.45, 2.75) is 37.7 Å². The molecule has 0 radical (unpaired) electrons. The first kappa shape index (κ1) is 23.3. The topological polar surface area (TPSA) is 114 Å². The highest BCUT2D eigenvalue weighted by atomic mass is 32.2. The van der Waals surface area contributed by atoms with Gasteiger partial charge in [-0.25, -0.2) is 8.42 Å². The number of sulfonamides is 1. The Labute approximate surface area is 171 Å². The van der Waals surface area contributed by atoms with Crippen LogP contribution in [-0.2, 0) is 10.0 Å². The first-order valence-electron chi connectivity index (χ1n) is 9.72. The molecule has 10 heteroatoms. The molecule has 9 nitrogen and oxygen atoms in total. The van der Waals surface area contributed by atoms with Gasteiger partial charge in [0.15, 0.2) is 5.75 Å². The van der Waals surface area contributed by atoms with E-state index in [-0.39, 0.29) is 17.3 Å². The van der Waals surface area contributed by atoms with Crippen LogP contribution in [-0.4, -0.2) is 68.2 Å². The average molecular weight is 429 g/mol. The number of nitro benzene ring substituents is 1. The SMILES string of the molecule is C=C(C)C[NH+](CC)C[C@H](O)COc1ccc(S(=O)(=O)N2CCCC2)cc1[N+](=O)[O-]. The fraction of sp³-hybridized carbons (Fsp3) is 0.579. The quantitative estimate of drug-likeness (QED) is 0.303. The number of ether oxygens (including phenoxy) is 1. The maximum absolute atomic E-state index is 12.6. The van der Waals surface area contributed by atoms with Crippen LogP contribution in [0.2, 0.25) is 0 Å². The monoisotopic (exact) mass is 428 g/mol. The number of likely N-dealkylation sites (N-methyl/N-ethyl adjacent to an activating group) is 1. The summed E-state index contributed by atoms with van der Waals surface area (Å²) in [7, 11) is -3.76. The minimum atomic E-state index is -3.76. The number of hydrogen-bond acceptors (Lipinski definition) is 6. The summed E-state index contributed by atoms with van der Waals surface area (Å²) in [5.41, 5.74) is 0.569. The zero-order valence-corrected chi connectivity index (χ0v) is 17.8. The summed E-state index contributed by atoms with van der Waals surface area (Å²) >= 11 is 0. The Bertz CT molecular complexity index is 836. The van der Waals surface area contributed by atoms with Crippen LogP contribution in [0, 0.1) is 10.1 Å². The number of aliphatic hydroxyl groups excluding tert-OH is 1. The van der Waals surface area contributed by atoms with Crippen LogP contribution >= 0.6 is 0 Å². The highest BCUT2D eigenvalue weighted by Crippen LogP contribution is 2.31. The standard InChI is InChI=1S/C19H29N3O6S/c1-4-20(12-15(2)3)13-16(23)14-28-19-8-7-17(11-18(19)22(24)25)29(26,27)21-9-5-6-10-21/h7-8,11,16,23H,2,4-6,9-10,12-14H2,1,3H3/p+1/t16-/m0/s1. The third kappa shape index (κ3) is 6.23. The van der Waals surface area contributed by atoms with Gasteiger partial charge < -0.3 is 14.7 Å². The van der Waals surface area contributed by atoms with Crippen molar-refractivity contribution in [2.24, 2.45) is 0 Å². The first-order chi connectivity index (χ1) is 13.6. The van der Waals surface area contributed by atoms with Gasteiger partial charge in [-0.3, -0.25) is 10.1 Å². The molecule has 0 aromatic heterocycles. The smallest absolute Gasteiger partial charge is 0.312 e. The van der Waals surface area contributed by atoms with Gasteiger partial charge in [0.2, 0.25) is 10.0 Å². The lowest BCUT2D eigenvalue weighted by atomic mass is 10.2. The highest BCUT2D eigenvalue weighted by Gasteiger charge is 2.30. The van der Waals surface area contributed by atoms with E-state index < -0.39 is 26.7 Å². The van der Waals surface area contributed by atoms with Crippen molar-refractivity contribution in [1.29, 1.82) is 0 Å². The van der Waals surface area contributed by atoms with Crippen molar-refractivity contribution in [3.05, 3.63) is 40.5 Å². The van der Waals surface area contributed by atoms with Gasteiger partial charge in [0.25, 0.3) is 0 Å². The molecule has 1 heterocycles. The largest absolute Gasteiger partial charge is 0.484 e. The summed E-state index contributed by atoms with van der Waals surface area (Å²) in [5.74, 6) is -0.0626. The number of benzene rings is 1. The second-order valence-corrected chi connectivity index (χ2v) is 9.34. The molecule has 0 bridgehead atoms. The van der Waals surface area contributed by atoms with Crippen molar-refractivity contribution in [1.82, 2.24) is 4.31 Å². The second-order valence-electron chi connectivity index (χ2n) is 7.40. The summed E-state index contributed by atoms with van der Waals surface area (Å²) < 4.78 is 32.1. The normalized spacial score (nSPS) is 17.1. The minimum absolute atomic E-state index is 0.0626. The molecular formula is C19H30N3O6S+. The van der Waals surface area contributed by atoms with Gasteiger partial charge in [0.05, 0.1) is 22.9 Å². The van der Waals surface area contributed by atoms with E-state index in [0.29, 0.717) is 19.6 Å². The Morgan fingerprint density at radius 3 is 2.62 bits per heavy atom. The maximum atomic E-state index is 12.6. The summed E-state index contributed by atoms with van der Waals surface area (Å²) in [6.45, 7) is 10.4. The van der Waals surface area contributed by atoms with Crippen LogP contribution in [0.3, 0.4) is 0 Å². The van der Waals surface area contributed by atoms with Gasteiger partial charge in [-0.05, 0) is 44.4 Å². The molecule has 1 aliphatic heterocycles. The van der Waals surface area contributed by atoms with E-state index in [1.54, 1.807) is 0 Å². The third-order valence-corrected chi connectivity index (χ3v) is 6.73. The lowest BCUT2D eigenvalue weighted by Crippen LogP contribution is -3.13. The number of aliphatic hydroxyl groups is 1. The molecular weight excluding hydrogens is 398 g/mol. The van der Waals surface area contributed by atoms with Crippen LogP contribution < -0.4 is 9.64 Å². The summed E-state index contributed by atoms with van der Waals surface area (Å²) in [4.78, 5) is 11.8. The van der Waals surface area contributed by atoms with Crippen LogP contribution in [0.15, 0.2) is 35.2 Å². The molecule has 1 aliphatic rings. The van der Waals surface area contributed by atoms with Crippen LogP contribution in [0.5, 0.6) is 5.75 Å². The Kier molecular flexibility index (Phi) is 8.14. The van der Waals surface area contributed by atoms with Crippen molar-refractivity contribution in [2.75, 3.05) is 39.3 Å². The van der Waals surface area contributed by atoms with E-state index in [2.05, 4.69) is 6.58 Å². The fourth-order valence-electron chi connectivity index (χ4n) is 3.35. The Balaban J connectivity index is 2.11. The molecule has 2 atom stereocenters. The summed E-state index contributed by atoms with van der Waals surface area (Å²) in [5, 5.41) is 21.7. The van der Waals surface area contributed by atoms with E-state index in [0.717, 1.165) is 42.5 Å². The molecule has 1 unspecified atom stereocenters. The lowest BCUT2D eigenvalue weighted by Gasteiger charge is -2.21. The van der Waals surface area contributed by atoms with Gasteiger partial charge in [-0.15, -0.1) is 0 Å². The molecule has 0 aliphatic carbocycles. The van der Waals surface area contributed by atoms with Gasteiger partial charge in [0, 0.05) is 19.2 Å². The number of nitro groups is 1. The van der Waals surface area contributed by atoms with E-state index in [9.17, 15) is 23.6 Å². The van der Waals surface area contributed by atoms with Crippen molar-refractivity contribution < 1.29 is 28.1 Å². The molecule has 0 saturated carbocycles. The zero-order chi connectivity index (χ0) is 21.6. The van der Waals surface area contributed by atoms with Crippen LogP contribution in [0.1, 0.15) is 26.7 Å². The molecule has 2 N–H and O–H groups in total. The van der Waals surface area contributed by atoms with Crippen molar-refractivity contribution in [3.63, 3.8) is 0 Å². The first-order valence-corrected chi connectivity index (χ1v) is 11.2. The highest BCUT2D eigenvalue weighted by molar-refractivity contribution is 7.89. The number of rotatable bonds is 11. The van der Waals surface area contributed by atoms with Gasteiger partial charge in [0.1, 0.15) is 19.3 Å². The van der Waals surface area contributed by atoms with E-state index in [1.165, 1.54) is 16.4 Å². The number of nitrogens with one attached hydrogen (secondary N) is 1. The molecule has 1 fully saturated rings. The Morgan fingerprint density at radius 1 is 1.41 bits per heavy atom.